The molecule has 15 aromatic rings. The first-order valence-electron chi connectivity index (χ1n) is 27.9. The maximum Gasteiger partial charge on any atom is 0.211 e. The summed E-state index contributed by atoms with van der Waals surface area (Å²) in [7, 11) is 0. The minimum Gasteiger partial charge on any atom is -0.319 e. The van der Waals surface area contributed by atoms with Gasteiger partial charge in [-0.2, -0.15) is 5.26 Å². The molecule has 3 aromatic heterocycles. The van der Waals surface area contributed by atoms with Gasteiger partial charge in [0.1, 0.15) is 0 Å². The van der Waals surface area contributed by atoms with Crippen molar-refractivity contribution in [1.82, 2.24) is 24.1 Å². The Morgan fingerprint density at radius 3 is 1.05 bits per heavy atom. The standard InChI is InChI=1S/C77H47N7/c1-79-68-48-62(35-41-74(68)84-72-38-32-58(53-23-11-4-12-24-53)45-66(72)67-46-59(33-39-73(67)84)54-25-13-5-14-26-54)77-81-75(55-27-15-6-16-28-55)80-76(82-77)61-34-40-69(63(47-61)60-29-17-18-50(42-60)49-78)83-70-36-30-56(51-19-7-2-8-20-51)43-64(70)65-44-57(31-37-71(65)83)52-21-9-3-10-22-52/h2-48H. The molecule has 7 nitrogen and oxygen atoms in total. The van der Waals surface area contributed by atoms with Crippen LogP contribution in [0.2, 0.25) is 0 Å². The second kappa shape index (κ2) is 20.7. The molecule has 15 rings (SSSR count). The van der Waals surface area contributed by atoms with E-state index in [9.17, 15) is 5.26 Å². The van der Waals surface area contributed by atoms with E-state index in [1.54, 1.807) is 0 Å². The maximum absolute atomic E-state index is 10.3. The minimum absolute atomic E-state index is 0.431. The maximum atomic E-state index is 10.3. The van der Waals surface area contributed by atoms with Gasteiger partial charge in [-0.1, -0.05) is 194 Å². The third kappa shape index (κ3) is 8.74. The van der Waals surface area contributed by atoms with Crippen molar-refractivity contribution >= 4 is 49.3 Å². The van der Waals surface area contributed by atoms with Crippen molar-refractivity contribution in [3.63, 3.8) is 0 Å². The van der Waals surface area contributed by atoms with E-state index in [1.165, 1.54) is 0 Å². The number of rotatable bonds is 10. The highest BCUT2D eigenvalue weighted by Gasteiger charge is 2.23. The van der Waals surface area contributed by atoms with Crippen LogP contribution in [0.15, 0.2) is 285 Å². The molecule has 0 amide bonds. The molecule has 0 aliphatic carbocycles. The van der Waals surface area contributed by atoms with Crippen LogP contribution in [0.1, 0.15) is 5.56 Å². The summed E-state index contributed by atoms with van der Waals surface area (Å²) in [6.07, 6.45) is 0. The smallest absolute Gasteiger partial charge is 0.211 e. The molecule has 84 heavy (non-hydrogen) atoms. The highest BCUT2D eigenvalue weighted by atomic mass is 15.0. The topological polar surface area (TPSA) is 76.7 Å². The second-order valence-corrected chi connectivity index (χ2v) is 21.0. The molecular weight excluding hydrogens is 1020 g/mol. The van der Waals surface area contributed by atoms with E-state index < -0.39 is 0 Å². The summed E-state index contributed by atoms with van der Waals surface area (Å²) < 4.78 is 4.56. The Bertz CT molecular complexity index is 4940. The number of aromatic nitrogens is 5. The van der Waals surface area contributed by atoms with E-state index in [0.29, 0.717) is 34.3 Å². The zero-order valence-corrected chi connectivity index (χ0v) is 45.3. The third-order valence-electron chi connectivity index (χ3n) is 16.0. The monoisotopic (exact) mass is 1070 g/mol. The second-order valence-electron chi connectivity index (χ2n) is 21.0. The molecule has 0 radical (unpaired) electrons. The minimum atomic E-state index is 0.431. The number of hydrogen-bond acceptors (Lipinski definition) is 4. The lowest BCUT2D eigenvalue weighted by molar-refractivity contribution is 1.07. The number of benzene rings is 12. The van der Waals surface area contributed by atoms with Gasteiger partial charge in [0.2, 0.25) is 5.69 Å². The van der Waals surface area contributed by atoms with Crippen molar-refractivity contribution in [3.05, 3.63) is 302 Å². The predicted octanol–water partition coefficient (Wildman–Crippen LogP) is 19.8. The molecule has 12 aromatic carbocycles. The Hall–Kier alpha value is -11.8. The first kappa shape index (κ1) is 49.3. The van der Waals surface area contributed by atoms with Crippen LogP contribution in [0, 0.1) is 17.9 Å². The summed E-state index contributed by atoms with van der Waals surface area (Å²) in [6, 6.07) is 101. The van der Waals surface area contributed by atoms with Crippen molar-refractivity contribution in [3.8, 4) is 107 Å². The van der Waals surface area contributed by atoms with Crippen LogP contribution in [-0.4, -0.2) is 24.1 Å². The fourth-order valence-electron chi connectivity index (χ4n) is 12.0. The molecule has 7 heteroatoms. The highest BCUT2D eigenvalue weighted by Crippen LogP contribution is 2.43. The van der Waals surface area contributed by atoms with Gasteiger partial charge >= 0.3 is 0 Å². The fourth-order valence-corrected chi connectivity index (χ4v) is 12.0. The van der Waals surface area contributed by atoms with Crippen molar-refractivity contribution in [2.24, 2.45) is 0 Å². The molecule has 0 aliphatic heterocycles. The average molecular weight is 1070 g/mol. The Balaban J connectivity index is 0.902. The van der Waals surface area contributed by atoms with E-state index in [1.807, 2.05) is 91.0 Å². The molecule has 0 bridgehead atoms. The van der Waals surface area contributed by atoms with Crippen molar-refractivity contribution in [2.45, 2.75) is 0 Å². The summed E-state index contributed by atoms with van der Waals surface area (Å²) in [5.74, 6) is 1.39. The molecule has 0 aliphatic rings. The van der Waals surface area contributed by atoms with E-state index in [0.717, 1.165) is 122 Å². The third-order valence-corrected chi connectivity index (χ3v) is 16.0. The normalized spacial score (nSPS) is 11.3. The summed E-state index contributed by atoms with van der Waals surface area (Å²) in [5.41, 5.74) is 19.8. The number of hydrogen-bond donors (Lipinski definition) is 0. The molecule has 0 fully saturated rings. The quantitative estimate of drug-likeness (QED) is 0.128. The van der Waals surface area contributed by atoms with Crippen LogP contribution in [0.5, 0.6) is 0 Å². The Morgan fingerprint density at radius 2 is 0.643 bits per heavy atom. The van der Waals surface area contributed by atoms with Gasteiger partial charge in [-0.15, -0.1) is 0 Å². The van der Waals surface area contributed by atoms with E-state index in [-0.39, 0.29) is 0 Å². The number of nitriles is 1. The SMILES string of the molecule is [C-]#[N+]c1cc(-c2nc(-c3ccccc3)nc(-c3ccc(-n4c5ccc(-c6ccccc6)cc5c5cc(-c6ccccc6)ccc54)c(-c4cccc(C#N)c4)c3)n2)ccc1-n1c2ccc(-c3ccccc3)cc2c2cc(-c3ccccc3)ccc21. The number of nitrogens with zero attached hydrogens (tertiary/aromatic N) is 7. The predicted molar refractivity (Wildman–Crippen MR) is 343 cm³/mol. The summed E-state index contributed by atoms with van der Waals surface area (Å²) in [6.45, 7) is 8.76. The lowest BCUT2D eigenvalue weighted by Crippen LogP contribution is -2.02. The van der Waals surface area contributed by atoms with Crippen molar-refractivity contribution in [2.75, 3.05) is 0 Å². The molecule has 0 saturated heterocycles. The summed E-state index contributed by atoms with van der Waals surface area (Å²) in [5, 5.41) is 14.7. The molecule has 0 spiro atoms. The Kier molecular flexibility index (Phi) is 12.2. The molecular formula is C77H47N7. The average Bonchev–Trinajstić information content (AvgIpc) is 2.39. The number of fused-ring (bicyclic) bond motifs is 6. The molecule has 390 valence electrons. The first-order chi connectivity index (χ1) is 41.5. The Labute approximate surface area is 485 Å². The van der Waals surface area contributed by atoms with Crippen LogP contribution in [0.25, 0.3) is 150 Å². The van der Waals surface area contributed by atoms with Gasteiger partial charge in [-0.3, -0.25) is 0 Å². The van der Waals surface area contributed by atoms with Crippen LogP contribution in [0.3, 0.4) is 0 Å². The van der Waals surface area contributed by atoms with Gasteiger partial charge < -0.3 is 9.13 Å². The highest BCUT2D eigenvalue weighted by molar-refractivity contribution is 6.13. The van der Waals surface area contributed by atoms with Crippen molar-refractivity contribution < 1.29 is 0 Å². The zero-order chi connectivity index (χ0) is 56.1. The van der Waals surface area contributed by atoms with Gasteiger partial charge in [-0.05, 0) is 141 Å². The van der Waals surface area contributed by atoms with Crippen molar-refractivity contribution in [1.29, 1.82) is 5.26 Å². The van der Waals surface area contributed by atoms with Gasteiger partial charge in [0.15, 0.2) is 17.5 Å². The zero-order valence-electron chi connectivity index (χ0n) is 45.3. The summed E-state index contributed by atoms with van der Waals surface area (Å²) in [4.78, 5) is 19.9. The van der Waals surface area contributed by atoms with Crippen LogP contribution >= 0.6 is 0 Å². The molecule has 0 unspecified atom stereocenters. The van der Waals surface area contributed by atoms with Gasteiger partial charge in [-0.25, -0.2) is 19.8 Å². The molecule has 0 saturated carbocycles. The summed E-state index contributed by atoms with van der Waals surface area (Å²) >= 11 is 0. The van der Waals surface area contributed by atoms with E-state index in [4.69, 9.17) is 21.5 Å². The van der Waals surface area contributed by atoms with Crippen LogP contribution in [0.4, 0.5) is 5.69 Å². The Morgan fingerprint density at radius 1 is 0.298 bits per heavy atom. The molecule has 0 N–H and O–H groups in total. The largest absolute Gasteiger partial charge is 0.319 e. The van der Waals surface area contributed by atoms with Crippen LogP contribution in [-0.2, 0) is 0 Å². The van der Waals surface area contributed by atoms with Crippen LogP contribution < -0.4 is 0 Å². The van der Waals surface area contributed by atoms with E-state index in [2.05, 4.69) is 214 Å². The van der Waals surface area contributed by atoms with E-state index >= 15 is 0 Å². The molecule has 0 atom stereocenters. The first-order valence-corrected chi connectivity index (χ1v) is 27.9. The molecule has 3 heterocycles. The van der Waals surface area contributed by atoms with Gasteiger partial charge in [0.25, 0.3) is 0 Å². The van der Waals surface area contributed by atoms with Gasteiger partial charge in [0, 0.05) is 43.8 Å². The van der Waals surface area contributed by atoms with Gasteiger partial charge in [0.05, 0.1) is 51.6 Å². The lowest BCUT2D eigenvalue weighted by Gasteiger charge is -2.17. The fraction of sp³-hybridized carbons (Fsp3) is 0. The lowest BCUT2D eigenvalue weighted by atomic mass is 9.98.